The molecule has 3 aromatic rings. The quantitative estimate of drug-likeness (QED) is 0.360. The van der Waals surface area contributed by atoms with E-state index in [4.69, 9.17) is 0 Å². The third-order valence-corrected chi connectivity index (χ3v) is 17.7. The van der Waals surface area contributed by atoms with Crippen LogP contribution in [0.15, 0.2) is 103 Å². The summed E-state index contributed by atoms with van der Waals surface area (Å²) in [7, 11) is 0. The van der Waals surface area contributed by atoms with Crippen molar-refractivity contribution in [2.45, 2.75) is 18.5 Å². The fraction of sp³-hybridized carbons (Fsp3) is 0.200. The number of hydrogen-bond donors (Lipinski definition) is 0. The second-order valence-electron chi connectivity index (χ2n) is 7.93. The van der Waals surface area contributed by atoms with Gasteiger partial charge in [-0.25, -0.2) is 0 Å². The van der Waals surface area contributed by atoms with Crippen LogP contribution in [0.25, 0.3) is 0 Å². The predicted octanol–water partition coefficient (Wildman–Crippen LogP) is 5.79. The van der Waals surface area contributed by atoms with E-state index in [1.807, 2.05) is 0 Å². The van der Waals surface area contributed by atoms with Crippen LogP contribution in [0.1, 0.15) is 12.8 Å². The van der Waals surface area contributed by atoms with Crippen LogP contribution < -0.4 is 15.9 Å². The summed E-state index contributed by atoms with van der Waals surface area (Å²) in [6.45, 7) is 0. The molecular formula is C25H24BrP. The Morgan fingerprint density at radius 2 is 1.04 bits per heavy atom. The molecule has 1 saturated carbocycles. The number of fused-ring (bicyclic) bond motifs is 2. The Morgan fingerprint density at radius 3 is 1.37 bits per heavy atom. The van der Waals surface area contributed by atoms with Gasteiger partial charge in [0, 0.05) is 0 Å². The van der Waals surface area contributed by atoms with Crippen molar-refractivity contribution in [1.29, 1.82) is 0 Å². The van der Waals surface area contributed by atoms with Crippen LogP contribution in [0.2, 0.25) is 0 Å². The van der Waals surface area contributed by atoms with Gasteiger partial charge in [0.1, 0.15) is 0 Å². The normalized spacial score (nSPS) is 25.2. The van der Waals surface area contributed by atoms with Gasteiger partial charge in [0.25, 0.3) is 0 Å². The molecule has 2 bridgehead atoms. The Balaban J connectivity index is 1.90. The van der Waals surface area contributed by atoms with Crippen molar-refractivity contribution in [3.63, 3.8) is 0 Å². The van der Waals surface area contributed by atoms with Crippen molar-refractivity contribution < 1.29 is 0 Å². The molecule has 0 radical (unpaired) electrons. The molecule has 0 heterocycles. The molecule has 2 aliphatic carbocycles. The topological polar surface area (TPSA) is 0 Å². The molecule has 2 aliphatic rings. The van der Waals surface area contributed by atoms with Crippen LogP contribution in [-0.4, -0.2) is 5.66 Å². The molecule has 0 amide bonds. The number of benzene rings is 3. The molecule has 0 spiro atoms. The van der Waals surface area contributed by atoms with Gasteiger partial charge in [0.05, 0.1) is 0 Å². The number of allylic oxidation sites excluding steroid dienone is 2. The van der Waals surface area contributed by atoms with Crippen LogP contribution >= 0.6 is 20.8 Å². The number of rotatable bonds is 4. The van der Waals surface area contributed by atoms with Crippen molar-refractivity contribution in [3.05, 3.63) is 103 Å². The average molecular weight is 435 g/mol. The number of halogens is 1. The summed E-state index contributed by atoms with van der Waals surface area (Å²) in [6.07, 6.45) is 7.52. The Hall–Kier alpha value is -1.69. The molecule has 0 aromatic heterocycles. The van der Waals surface area contributed by atoms with E-state index in [-0.39, 0.29) is 0 Å². The van der Waals surface area contributed by atoms with Crippen LogP contribution in [-0.2, 0) is 0 Å². The van der Waals surface area contributed by atoms with Gasteiger partial charge in [-0.1, -0.05) is 0 Å². The molecule has 2 heteroatoms. The molecular weight excluding hydrogens is 411 g/mol. The SMILES string of the molecule is BrP(c1ccccc1)(c1ccccc1)(c1ccccc1)C1C[C@@H]2C=C[C@H]1C2. The van der Waals surface area contributed by atoms with Crippen molar-refractivity contribution in [1.82, 2.24) is 0 Å². The van der Waals surface area contributed by atoms with E-state index < -0.39 is 5.31 Å². The molecule has 136 valence electrons. The summed E-state index contributed by atoms with van der Waals surface area (Å²) in [5.41, 5.74) is 0.596. The van der Waals surface area contributed by atoms with Gasteiger partial charge >= 0.3 is 170 Å². The molecule has 27 heavy (non-hydrogen) atoms. The minimum absolute atomic E-state index is 0.596. The molecule has 1 fully saturated rings. The minimum atomic E-state index is -2.80. The van der Waals surface area contributed by atoms with Crippen LogP contribution in [0.4, 0.5) is 0 Å². The summed E-state index contributed by atoms with van der Waals surface area (Å²) >= 11 is 4.64. The predicted molar refractivity (Wildman–Crippen MR) is 123 cm³/mol. The zero-order valence-electron chi connectivity index (χ0n) is 15.3. The summed E-state index contributed by atoms with van der Waals surface area (Å²) in [4.78, 5) is 0. The second kappa shape index (κ2) is 6.43. The van der Waals surface area contributed by atoms with Crippen molar-refractivity contribution in [3.8, 4) is 0 Å². The standard InChI is InChI=1S/C25H24BrP/c26-27(22-10-4-1-5-11-22,23-12-6-2-7-13-23,24-14-8-3-9-15-24)25-19-20-16-17-21(25)18-20/h1-17,20-21,25H,18-19H2/t20-,21+,25?/m1/s1. The number of hydrogen-bond acceptors (Lipinski definition) is 0. The van der Waals surface area contributed by atoms with Crippen molar-refractivity contribution in [2.75, 3.05) is 0 Å². The van der Waals surface area contributed by atoms with E-state index in [2.05, 4.69) is 119 Å². The molecule has 3 aromatic carbocycles. The van der Waals surface area contributed by atoms with Gasteiger partial charge in [-0.05, 0) is 0 Å². The molecule has 0 saturated heterocycles. The Morgan fingerprint density at radius 1 is 0.593 bits per heavy atom. The first-order chi connectivity index (χ1) is 13.2. The van der Waals surface area contributed by atoms with Gasteiger partial charge in [-0.15, -0.1) is 0 Å². The third kappa shape index (κ3) is 2.38. The van der Waals surface area contributed by atoms with Gasteiger partial charge in [0.2, 0.25) is 0 Å². The first-order valence-corrected chi connectivity index (χ1v) is 14.1. The zero-order valence-corrected chi connectivity index (χ0v) is 17.8. The molecule has 0 nitrogen and oxygen atoms in total. The molecule has 0 aliphatic heterocycles. The van der Waals surface area contributed by atoms with Crippen LogP contribution in [0.3, 0.4) is 0 Å². The summed E-state index contributed by atoms with van der Waals surface area (Å²) < 4.78 is 0. The van der Waals surface area contributed by atoms with Crippen molar-refractivity contribution >= 4 is 36.7 Å². The molecule has 3 atom stereocenters. The third-order valence-electron chi connectivity index (χ3n) is 6.65. The zero-order chi connectivity index (χ0) is 18.3. The summed E-state index contributed by atoms with van der Waals surface area (Å²) in [5, 5.41) is 1.55. The van der Waals surface area contributed by atoms with Gasteiger partial charge in [-0.3, -0.25) is 0 Å². The van der Waals surface area contributed by atoms with E-state index >= 15 is 0 Å². The van der Waals surface area contributed by atoms with Gasteiger partial charge in [0.15, 0.2) is 0 Å². The molecule has 0 N–H and O–H groups in total. The Labute approximate surface area is 170 Å². The van der Waals surface area contributed by atoms with Gasteiger partial charge in [-0.2, -0.15) is 0 Å². The second-order valence-corrected chi connectivity index (χ2v) is 16.7. The fourth-order valence-electron chi connectivity index (χ4n) is 5.49. The fourth-order valence-corrected chi connectivity index (χ4v) is 14.9. The van der Waals surface area contributed by atoms with Crippen molar-refractivity contribution in [2.24, 2.45) is 11.8 Å². The Bertz CT molecular complexity index is 866. The van der Waals surface area contributed by atoms with E-state index in [9.17, 15) is 0 Å². The summed E-state index contributed by atoms with van der Waals surface area (Å²) in [6, 6.07) is 33.7. The maximum atomic E-state index is 4.64. The Kier molecular flexibility index (Phi) is 4.15. The maximum absolute atomic E-state index is 4.64. The van der Waals surface area contributed by atoms with Crippen LogP contribution in [0, 0.1) is 11.8 Å². The van der Waals surface area contributed by atoms with Crippen LogP contribution in [0.5, 0.6) is 0 Å². The molecule has 5 rings (SSSR count). The summed E-state index contributed by atoms with van der Waals surface area (Å²) in [5.74, 6) is 1.38. The average Bonchev–Trinajstić information content (AvgIpc) is 3.39. The van der Waals surface area contributed by atoms with E-state index in [0.717, 1.165) is 5.92 Å². The van der Waals surface area contributed by atoms with E-state index in [1.54, 1.807) is 0 Å². The monoisotopic (exact) mass is 434 g/mol. The molecule has 1 unspecified atom stereocenters. The van der Waals surface area contributed by atoms with E-state index in [0.29, 0.717) is 11.6 Å². The van der Waals surface area contributed by atoms with Gasteiger partial charge < -0.3 is 0 Å². The van der Waals surface area contributed by atoms with E-state index in [1.165, 1.54) is 28.8 Å². The first kappa shape index (κ1) is 17.4. The first-order valence-electron chi connectivity index (χ1n) is 9.80.